The summed E-state index contributed by atoms with van der Waals surface area (Å²) in [5, 5.41) is -0.882. The van der Waals surface area contributed by atoms with Crippen molar-refractivity contribution in [3.8, 4) is 0 Å². The molecule has 1 heterocycles. The van der Waals surface area contributed by atoms with E-state index in [1.54, 1.807) is 0 Å². The summed E-state index contributed by atoms with van der Waals surface area (Å²) in [5.41, 5.74) is -1.71. The van der Waals surface area contributed by atoms with Crippen molar-refractivity contribution in [3.05, 3.63) is 31.2 Å². The molecule has 76 valence electrons. The SMILES string of the molecule is O=C(Cl)c1[nH]cc(C(F)F)c(=O)c1I. The second kappa shape index (κ2) is 4.35. The molecule has 0 radical (unpaired) electrons. The molecule has 0 fully saturated rings. The minimum Gasteiger partial charge on any atom is -0.356 e. The lowest BCUT2D eigenvalue weighted by atomic mass is 10.2. The molecule has 0 spiro atoms. The van der Waals surface area contributed by atoms with Crippen LogP contribution in [0.15, 0.2) is 11.0 Å². The third-order valence-electron chi connectivity index (χ3n) is 1.48. The van der Waals surface area contributed by atoms with Crippen molar-refractivity contribution in [3.63, 3.8) is 0 Å². The van der Waals surface area contributed by atoms with Crippen molar-refractivity contribution in [2.75, 3.05) is 0 Å². The molecule has 0 aromatic carbocycles. The summed E-state index contributed by atoms with van der Waals surface area (Å²) in [5.74, 6) is 0. The van der Waals surface area contributed by atoms with Gasteiger partial charge in [0.25, 0.3) is 11.7 Å². The van der Waals surface area contributed by atoms with Crippen LogP contribution in [0.2, 0.25) is 0 Å². The lowest BCUT2D eigenvalue weighted by molar-refractivity contribution is 0.107. The van der Waals surface area contributed by atoms with Gasteiger partial charge < -0.3 is 4.98 Å². The molecule has 3 nitrogen and oxygen atoms in total. The van der Waals surface area contributed by atoms with E-state index >= 15 is 0 Å². The number of alkyl halides is 2. The topological polar surface area (TPSA) is 49.9 Å². The highest BCUT2D eigenvalue weighted by Crippen LogP contribution is 2.16. The molecule has 1 aromatic rings. The van der Waals surface area contributed by atoms with Gasteiger partial charge in [-0.2, -0.15) is 0 Å². The van der Waals surface area contributed by atoms with Gasteiger partial charge in [0.05, 0.1) is 9.13 Å². The van der Waals surface area contributed by atoms with E-state index in [1.165, 1.54) is 22.6 Å². The zero-order valence-corrected chi connectivity index (χ0v) is 9.40. The summed E-state index contributed by atoms with van der Waals surface area (Å²) in [6.45, 7) is 0. The van der Waals surface area contributed by atoms with Crippen molar-refractivity contribution in [1.82, 2.24) is 4.98 Å². The number of carbonyl (C=O) groups is 1. The van der Waals surface area contributed by atoms with Crippen molar-refractivity contribution in [2.45, 2.75) is 6.43 Å². The molecular weight excluding hydrogens is 330 g/mol. The molecule has 14 heavy (non-hydrogen) atoms. The van der Waals surface area contributed by atoms with E-state index in [0.717, 1.165) is 6.20 Å². The first-order valence-corrected chi connectivity index (χ1v) is 4.80. The van der Waals surface area contributed by atoms with Gasteiger partial charge in [0.2, 0.25) is 5.43 Å². The Morgan fingerprint density at radius 1 is 1.57 bits per heavy atom. The minimum absolute atomic E-state index is 0.125. The van der Waals surface area contributed by atoms with Gasteiger partial charge in [-0.1, -0.05) is 0 Å². The molecule has 1 rings (SSSR count). The number of carbonyl (C=O) groups excluding carboxylic acids is 1. The van der Waals surface area contributed by atoms with Crippen LogP contribution in [0.4, 0.5) is 8.78 Å². The van der Waals surface area contributed by atoms with E-state index in [0.29, 0.717) is 0 Å². The number of hydrogen-bond donors (Lipinski definition) is 1. The first kappa shape index (κ1) is 11.6. The van der Waals surface area contributed by atoms with Gasteiger partial charge in [-0.25, -0.2) is 8.78 Å². The molecule has 0 saturated carbocycles. The number of aromatic amines is 1. The summed E-state index contributed by atoms with van der Waals surface area (Å²) in [7, 11) is 0. The van der Waals surface area contributed by atoms with Crippen LogP contribution in [0.25, 0.3) is 0 Å². The van der Waals surface area contributed by atoms with E-state index < -0.39 is 22.7 Å². The molecule has 0 atom stereocenters. The third kappa shape index (κ3) is 2.11. The van der Waals surface area contributed by atoms with E-state index in [-0.39, 0.29) is 9.26 Å². The maximum atomic E-state index is 12.2. The van der Waals surface area contributed by atoms with Crippen LogP contribution >= 0.6 is 34.2 Å². The van der Waals surface area contributed by atoms with Gasteiger partial charge in [0.15, 0.2) is 0 Å². The number of nitrogens with one attached hydrogen (secondary N) is 1. The quantitative estimate of drug-likeness (QED) is 0.667. The fourth-order valence-electron chi connectivity index (χ4n) is 0.824. The number of rotatable bonds is 2. The zero-order valence-electron chi connectivity index (χ0n) is 6.48. The van der Waals surface area contributed by atoms with E-state index in [1.807, 2.05) is 0 Å². The fourth-order valence-corrected chi connectivity index (χ4v) is 1.84. The van der Waals surface area contributed by atoms with Crippen LogP contribution in [0.1, 0.15) is 22.5 Å². The Morgan fingerprint density at radius 3 is 2.57 bits per heavy atom. The second-order valence-electron chi connectivity index (χ2n) is 2.34. The van der Waals surface area contributed by atoms with E-state index in [4.69, 9.17) is 11.6 Å². The maximum Gasteiger partial charge on any atom is 0.269 e. The fraction of sp³-hybridized carbons (Fsp3) is 0.143. The van der Waals surface area contributed by atoms with Gasteiger partial charge in [0, 0.05) is 6.20 Å². The first-order chi connectivity index (χ1) is 6.45. The van der Waals surface area contributed by atoms with Gasteiger partial charge >= 0.3 is 0 Å². The Labute approximate surface area is 95.6 Å². The molecule has 0 saturated heterocycles. The van der Waals surface area contributed by atoms with Gasteiger partial charge in [-0.05, 0) is 34.2 Å². The molecule has 0 aliphatic rings. The maximum absolute atomic E-state index is 12.2. The first-order valence-electron chi connectivity index (χ1n) is 3.34. The highest BCUT2D eigenvalue weighted by atomic mass is 127. The highest BCUT2D eigenvalue weighted by Gasteiger charge is 2.18. The Kier molecular flexibility index (Phi) is 3.59. The lowest BCUT2D eigenvalue weighted by Gasteiger charge is -2.02. The van der Waals surface area contributed by atoms with Crippen LogP contribution < -0.4 is 5.43 Å². The highest BCUT2D eigenvalue weighted by molar-refractivity contribution is 14.1. The van der Waals surface area contributed by atoms with Gasteiger partial charge in [0.1, 0.15) is 5.69 Å². The zero-order chi connectivity index (χ0) is 10.9. The van der Waals surface area contributed by atoms with Crippen molar-refractivity contribution >= 4 is 39.4 Å². The molecule has 0 aliphatic carbocycles. The summed E-state index contributed by atoms with van der Waals surface area (Å²) < 4.78 is 24.3. The smallest absolute Gasteiger partial charge is 0.269 e. The average Bonchev–Trinajstić information content (AvgIpc) is 2.08. The van der Waals surface area contributed by atoms with Crippen molar-refractivity contribution < 1.29 is 13.6 Å². The largest absolute Gasteiger partial charge is 0.356 e. The molecule has 7 heteroatoms. The summed E-state index contributed by atoms with van der Waals surface area (Å²) >= 11 is 6.61. The van der Waals surface area contributed by atoms with Gasteiger partial charge in [-0.3, -0.25) is 9.59 Å². The van der Waals surface area contributed by atoms with Crippen molar-refractivity contribution in [2.24, 2.45) is 0 Å². The minimum atomic E-state index is -2.87. The van der Waals surface area contributed by atoms with E-state index in [2.05, 4.69) is 4.98 Å². The third-order valence-corrected chi connectivity index (χ3v) is 2.70. The Balaban J connectivity index is 3.42. The van der Waals surface area contributed by atoms with Crippen LogP contribution in [-0.4, -0.2) is 10.2 Å². The number of H-pyrrole nitrogens is 1. The van der Waals surface area contributed by atoms with Crippen LogP contribution in [0, 0.1) is 3.57 Å². The molecule has 0 aliphatic heterocycles. The van der Waals surface area contributed by atoms with Crippen LogP contribution in [0.3, 0.4) is 0 Å². The Hall–Kier alpha value is -0.500. The molecular formula is C7H3ClF2INO2. The molecule has 0 bridgehead atoms. The normalized spacial score (nSPS) is 10.6. The molecule has 1 N–H and O–H groups in total. The molecule has 0 amide bonds. The van der Waals surface area contributed by atoms with Gasteiger partial charge in [-0.15, -0.1) is 0 Å². The standard InChI is InChI=1S/C7H3ClF2INO2/c8-6(14)4-3(11)5(13)2(1-12-4)7(9)10/h1,7H,(H,12,13). The van der Waals surface area contributed by atoms with Crippen molar-refractivity contribution in [1.29, 1.82) is 0 Å². The average molecular weight is 333 g/mol. The lowest BCUT2D eigenvalue weighted by Crippen LogP contribution is -2.17. The molecule has 1 aromatic heterocycles. The molecule has 0 unspecified atom stereocenters. The summed E-state index contributed by atoms with van der Waals surface area (Å²) in [6.07, 6.45) is -2.07. The monoisotopic (exact) mass is 333 g/mol. The Morgan fingerprint density at radius 2 is 2.14 bits per heavy atom. The predicted molar refractivity (Wildman–Crippen MR) is 54.9 cm³/mol. The number of hydrogen-bond acceptors (Lipinski definition) is 2. The summed E-state index contributed by atoms with van der Waals surface area (Å²) in [4.78, 5) is 24.2. The Bertz CT molecular complexity index is 432. The second-order valence-corrected chi connectivity index (χ2v) is 3.76. The summed E-state index contributed by atoms with van der Waals surface area (Å²) in [6, 6.07) is 0. The number of aromatic nitrogens is 1. The van der Waals surface area contributed by atoms with E-state index in [9.17, 15) is 18.4 Å². The number of pyridine rings is 1. The predicted octanol–water partition coefficient (Wildman–Crippen LogP) is 2.30. The van der Waals surface area contributed by atoms with Crippen LogP contribution in [0.5, 0.6) is 0 Å². The number of halogens is 4. The van der Waals surface area contributed by atoms with Crippen LogP contribution in [-0.2, 0) is 0 Å².